The minimum atomic E-state index is -0.196. The molecule has 0 unspecified atom stereocenters. The van der Waals surface area contributed by atoms with Crippen molar-refractivity contribution in [3.8, 4) is 0 Å². The summed E-state index contributed by atoms with van der Waals surface area (Å²) in [5.41, 5.74) is 3.71. The predicted molar refractivity (Wildman–Crippen MR) is 110 cm³/mol. The van der Waals surface area contributed by atoms with E-state index in [0.29, 0.717) is 19.8 Å². The first kappa shape index (κ1) is 19.0. The van der Waals surface area contributed by atoms with E-state index < -0.39 is 0 Å². The minimum Gasteiger partial charge on any atom is -0.494 e. The van der Waals surface area contributed by atoms with E-state index in [0.717, 1.165) is 43.4 Å². The summed E-state index contributed by atoms with van der Waals surface area (Å²) in [6, 6.07) is 4.36. The number of aryl methyl sites for hydroxylation is 2. The molecule has 0 saturated carbocycles. The normalized spacial score (nSPS) is 17.8. The molecule has 8 heteroatoms. The van der Waals surface area contributed by atoms with Crippen LogP contribution in [-0.4, -0.2) is 63.4 Å². The van der Waals surface area contributed by atoms with Gasteiger partial charge < -0.3 is 24.6 Å². The number of fused-ring (bicyclic) bond motifs is 1. The number of aromatic nitrogens is 1. The van der Waals surface area contributed by atoms with Crippen LogP contribution in [0.25, 0.3) is 10.2 Å². The molecular weight excluding hydrogens is 376 g/mol. The molecule has 2 aliphatic rings. The summed E-state index contributed by atoms with van der Waals surface area (Å²) in [6.45, 7) is 10.8. The molecule has 1 saturated heterocycles. The van der Waals surface area contributed by atoms with Gasteiger partial charge in [-0.05, 0) is 31.0 Å². The Kier molecular flexibility index (Phi) is 5.68. The second kappa shape index (κ2) is 8.36. The Labute approximate surface area is 168 Å². The van der Waals surface area contributed by atoms with Gasteiger partial charge in [0.05, 0.1) is 49.5 Å². The summed E-state index contributed by atoms with van der Waals surface area (Å²) < 4.78 is 11.7. The maximum absolute atomic E-state index is 12.0. The van der Waals surface area contributed by atoms with Crippen LogP contribution >= 0.6 is 11.3 Å². The lowest BCUT2D eigenvalue weighted by molar-refractivity contribution is -0.899. The number of thiazole rings is 1. The number of piperazine rings is 1. The second-order valence-electron chi connectivity index (χ2n) is 7.29. The molecule has 0 aliphatic carbocycles. The van der Waals surface area contributed by atoms with Gasteiger partial charge in [0.1, 0.15) is 19.5 Å². The summed E-state index contributed by atoms with van der Waals surface area (Å²) >= 11 is 1.78. The van der Waals surface area contributed by atoms with Crippen molar-refractivity contribution in [2.24, 2.45) is 0 Å². The summed E-state index contributed by atoms with van der Waals surface area (Å²) in [7, 11) is 0. The standard InChI is InChI=1S/C20H26N4O3S/c1-14-3-4-17-18(15(14)2)22-20(28-17)24-9-7-23(8-10-24)6-5-21-19(25)16-13-26-11-12-27-16/h3-4,13H,5-12H2,1-2H3,(H,21,25)/p+1. The number of hydrogen-bond donors (Lipinski definition) is 2. The van der Waals surface area contributed by atoms with Crippen molar-refractivity contribution in [2.45, 2.75) is 13.8 Å². The Morgan fingerprint density at radius 1 is 1.29 bits per heavy atom. The van der Waals surface area contributed by atoms with Gasteiger partial charge in [-0.2, -0.15) is 0 Å². The maximum Gasteiger partial charge on any atom is 0.289 e. The van der Waals surface area contributed by atoms with Crippen molar-refractivity contribution < 1.29 is 19.2 Å². The van der Waals surface area contributed by atoms with E-state index in [9.17, 15) is 4.79 Å². The molecule has 150 valence electrons. The first-order valence-corrected chi connectivity index (χ1v) is 10.6. The Balaban J connectivity index is 1.26. The average Bonchev–Trinajstić information content (AvgIpc) is 3.17. The van der Waals surface area contributed by atoms with E-state index in [1.165, 1.54) is 27.0 Å². The second-order valence-corrected chi connectivity index (χ2v) is 8.30. The van der Waals surface area contributed by atoms with Crippen LogP contribution in [0, 0.1) is 13.8 Å². The third kappa shape index (κ3) is 4.07. The van der Waals surface area contributed by atoms with Crippen molar-refractivity contribution >= 4 is 32.6 Å². The fourth-order valence-corrected chi connectivity index (χ4v) is 4.62. The summed E-state index contributed by atoms with van der Waals surface area (Å²) in [5, 5.41) is 4.04. The predicted octanol–water partition coefficient (Wildman–Crippen LogP) is 0.622. The molecule has 0 spiro atoms. The molecule has 0 bridgehead atoms. The Morgan fingerprint density at radius 2 is 2.11 bits per heavy atom. The highest BCUT2D eigenvalue weighted by Gasteiger charge is 2.23. The number of carbonyl (C=O) groups excluding carboxylic acids is 1. The van der Waals surface area contributed by atoms with E-state index in [-0.39, 0.29) is 11.7 Å². The zero-order valence-electron chi connectivity index (χ0n) is 16.4. The Bertz CT molecular complexity index is 887. The molecule has 28 heavy (non-hydrogen) atoms. The number of quaternary nitrogens is 1. The molecule has 2 aromatic rings. The first-order valence-electron chi connectivity index (χ1n) is 9.80. The van der Waals surface area contributed by atoms with Gasteiger partial charge in [0.15, 0.2) is 5.13 Å². The third-order valence-electron chi connectivity index (χ3n) is 5.45. The lowest BCUT2D eigenvalue weighted by atomic mass is 10.1. The summed E-state index contributed by atoms with van der Waals surface area (Å²) in [6.07, 6.45) is 1.39. The van der Waals surface area contributed by atoms with Gasteiger partial charge in [0.25, 0.3) is 5.91 Å². The number of nitrogens with one attached hydrogen (secondary N) is 2. The first-order chi connectivity index (χ1) is 13.6. The van der Waals surface area contributed by atoms with Crippen LogP contribution in [0.5, 0.6) is 0 Å². The van der Waals surface area contributed by atoms with Crippen LogP contribution in [-0.2, 0) is 14.3 Å². The Hall–Kier alpha value is -2.32. The molecule has 7 nitrogen and oxygen atoms in total. The van der Waals surface area contributed by atoms with E-state index >= 15 is 0 Å². The van der Waals surface area contributed by atoms with Gasteiger partial charge in [-0.25, -0.2) is 4.98 Å². The van der Waals surface area contributed by atoms with Crippen LogP contribution < -0.4 is 15.1 Å². The van der Waals surface area contributed by atoms with Crippen molar-refractivity contribution in [1.82, 2.24) is 10.3 Å². The van der Waals surface area contributed by atoms with E-state index in [2.05, 4.69) is 36.2 Å². The molecule has 0 radical (unpaired) electrons. The van der Waals surface area contributed by atoms with E-state index in [1.807, 2.05) is 0 Å². The molecule has 1 fully saturated rings. The number of rotatable bonds is 5. The molecule has 1 amide bonds. The molecule has 1 aromatic heterocycles. The molecular formula is C20H27N4O3S+. The van der Waals surface area contributed by atoms with Crippen LogP contribution in [0.4, 0.5) is 5.13 Å². The SMILES string of the molecule is Cc1ccc2sc(N3CC[NH+](CCNC(=O)C4=COCCO4)CC3)nc2c1C. The number of nitrogens with zero attached hydrogens (tertiary/aromatic N) is 2. The van der Waals surface area contributed by atoms with Crippen LogP contribution in [0.3, 0.4) is 0 Å². The highest BCUT2D eigenvalue weighted by Crippen LogP contribution is 2.31. The van der Waals surface area contributed by atoms with Gasteiger partial charge >= 0.3 is 0 Å². The number of benzene rings is 1. The largest absolute Gasteiger partial charge is 0.494 e. The highest BCUT2D eigenvalue weighted by molar-refractivity contribution is 7.22. The van der Waals surface area contributed by atoms with E-state index in [1.54, 1.807) is 11.3 Å². The van der Waals surface area contributed by atoms with Crippen molar-refractivity contribution in [1.29, 1.82) is 0 Å². The molecule has 1 aromatic carbocycles. The summed E-state index contributed by atoms with van der Waals surface area (Å²) in [4.78, 5) is 20.8. The maximum atomic E-state index is 12.0. The van der Waals surface area contributed by atoms with Gasteiger partial charge in [-0.3, -0.25) is 4.79 Å². The molecule has 3 heterocycles. The van der Waals surface area contributed by atoms with Crippen molar-refractivity contribution in [3.05, 3.63) is 35.3 Å². The summed E-state index contributed by atoms with van der Waals surface area (Å²) in [5.74, 6) is 0.0744. The van der Waals surface area contributed by atoms with E-state index in [4.69, 9.17) is 14.5 Å². The molecule has 2 aliphatic heterocycles. The zero-order chi connectivity index (χ0) is 19.5. The van der Waals surface area contributed by atoms with Crippen LogP contribution in [0.15, 0.2) is 24.2 Å². The van der Waals surface area contributed by atoms with Crippen molar-refractivity contribution in [2.75, 3.05) is 57.4 Å². The molecule has 0 atom stereocenters. The van der Waals surface area contributed by atoms with Crippen molar-refractivity contribution in [3.63, 3.8) is 0 Å². The van der Waals surface area contributed by atoms with Crippen LogP contribution in [0.2, 0.25) is 0 Å². The number of carbonyl (C=O) groups is 1. The lowest BCUT2D eigenvalue weighted by Gasteiger charge is -2.32. The van der Waals surface area contributed by atoms with Gasteiger partial charge in [-0.15, -0.1) is 0 Å². The van der Waals surface area contributed by atoms with Gasteiger partial charge in [-0.1, -0.05) is 17.4 Å². The number of anilines is 1. The van der Waals surface area contributed by atoms with Crippen LogP contribution in [0.1, 0.15) is 11.1 Å². The Morgan fingerprint density at radius 3 is 2.86 bits per heavy atom. The molecule has 4 rings (SSSR count). The van der Waals surface area contributed by atoms with Gasteiger partial charge in [0.2, 0.25) is 5.76 Å². The number of hydrogen-bond acceptors (Lipinski definition) is 6. The third-order valence-corrected chi connectivity index (χ3v) is 6.53. The number of ether oxygens (including phenoxy) is 2. The molecule has 2 N–H and O–H groups in total. The minimum absolute atomic E-state index is 0.196. The fourth-order valence-electron chi connectivity index (χ4n) is 3.54. The topological polar surface area (TPSA) is 68.1 Å². The zero-order valence-corrected chi connectivity index (χ0v) is 17.2. The smallest absolute Gasteiger partial charge is 0.289 e. The van der Waals surface area contributed by atoms with Gasteiger partial charge in [0, 0.05) is 0 Å². The lowest BCUT2D eigenvalue weighted by Crippen LogP contribution is -3.15. The quantitative estimate of drug-likeness (QED) is 0.766. The average molecular weight is 404 g/mol. The highest BCUT2D eigenvalue weighted by atomic mass is 32.1. The number of amides is 1. The monoisotopic (exact) mass is 403 g/mol. The fraction of sp³-hybridized carbons (Fsp3) is 0.500.